The molecule has 4 aliphatic rings. The predicted molar refractivity (Wildman–Crippen MR) is 162 cm³/mol. The number of fused-ring (bicyclic) bond motifs is 5. The van der Waals surface area contributed by atoms with E-state index in [1.165, 1.54) is 27.7 Å². The van der Waals surface area contributed by atoms with Gasteiger partial charge in [-0.2, -0.15) is 0 Å². The van der Waals surface area contributed by atoms with Gasteiger partial charge < -0.3 is 49.8 Å². The molecule has 15 heteroatoms. The molecule has 14 nitrogen and oxygen atoms in total. The van der Waals surface area contributed by atoms with Gasteiger partial charge in [0.2, 0.25) is 0 Å². The molecule has 0 spiro atoms. The molecule has 46 heavy (non-hydrogen) atoms. The first-order valence-electron chi connectivity index (χ1n) is 15.9. The number of hydrogen-bond acceptors (Lipinski definition) is 14. The highest BCUT2D eigenvalue weighted by Gasteiger charge is 2.76. The van der Waals surface area contributed by atoms with Crippen molar-refractivity contribution in [2.45, 2.75) is 115 Å². The van der Waals surface area contributed by atoms with E-state index in [-0.39, 0.29) is 36.3 Å². The number of ether oxygens (including phenoxy) is 4. The Morgan fingerprint density at radius 2 is 1.83 bits per heavy atom. The van der Waals surface area contributed by atoms with E-state index in [2.05, 4.69) is 5.32 Å². The molecule has 1 heterocycles. The van der Waals surface area contributed by atoms with Crippen molar-refractivity contribution in [3.8, 4) is 0 Å². The third-order valence-electron chi connectivity index (χ3n) is 10.8. The van der Waals surface area contributed by atoms with Crippen LogP contribution in [0.4, 0.5) is 4.79 Å². The fraction of sp³-hybridized carbons (Fsp3) is 0.806. The SMILES string of the molecule is [3H]CSCOC(=O)N[C@@H](C(C)C)[C@@H](O)C(=O)OC1C[C@@]2(O)[C@@H](OC(C)=O)[C@@H]3[C@]4(O)CO[C@@H]4C[C@H](O)[C@@]3(C)C(=O)[C@H](O)C(=C1C)C2(C)C. The maximum absolute atomic E-state index is 14.3. The van der Waals surface area contributed by atoms with Gasteiger partial charge in [-0.25, -0.2) is 9.59 Å². The summed E-state index contributed by atoms with van der Waals surface area (Å²) >= 11 is 1.02. The number of aliphatic hydroxyl groups excluding tert-OH is 3. The van der Waals surface area contributed by atoms with E-state index >= 15 is 0 Å². The van der Waals surface area contributed by atoms with Crippen molar-refractivity contribution in [3.63, 3.8) is 0 Å². The van der Waals surface area contributed by atoms with Crippen LogP contribution in [0.3, 0.4) is 0 Å². The van der Waals surface area contributed by atoms with Gasteiger partial charge in [-0.3, -0.25) is 9.59 Å². The molecule has 0 aromatic rings. The summed E-state index contributed by atoms with van der Waals surface area (Å²) in [4.78, 5) is 52.7. The third-order valence-corrected chi connectivity index (χ3v) is 11.1. The predicted octanol–water partition coefficient (Wildman–Crippen LogP) is 0.200. The molecule has 3 aliphatic carbocycles. The second-order valence-electron chi connectivity index (χ2n) is 14.0. The third kappa shape index (κ3) is 5.55. The molecular weight excluding hydrogens is 626 g/mol. The van der Waals surface area contributed by atoms with Crippen molar-refractivity contribution < 1.29 is 65.0 Å². The lowest BCUT2D eigenvalue weighted by Gasteiger charge is -2.66. The lowest BCUT2D eigenvalue weighted by molar-refractivity contribution is -0.345. The highest BCUT2D eigenvalue weighted by atomic mass is 32.2. The van der Waals surface area contributed by atoms with Gasteiger partial charge in [-0.1, -0.05) is 27.7 Å². The van der Waals surface area contributed by atoms with Crippen molar-refractivity contribution in [2.75, 3.05) is 18.8 Å². The van der Waals surface area contributed by atoms with Crippen LogP contribution in [-0.4, -0.2) is 122 Å². The number of amides is 1. The number of alkyl carbamates (subject to hydrolysis) is 1. The quantitative estimate of drug-likeness (QED) is 0.0666. The van der Waals surface area contributed by atoms with E-state index in [4.69, 9.17) is 20.3 Å². The van der Waals surface area contributed by atoms with Gasteiger partial charge in [0.15, 0.2) is 11.9 Å². The number of rotatable bonds is 8. The zero-order valence-electron chi connectivity index (χ0n) is 28.1. The fourth-order valence-electron chi connectivity index (χ4n) is 8.04. The Morgan fingerprint density at radius 3 is 2.37 bits per heavy atom. The second kappa shape index (κ2) is 12.6. The lowest BCUT2D eigenvalue weighted by atomic mass is 9.45. The molecule has 4 rings (SSSR count). The largest absolute Gasteiger partial charge is 0.459 e. The summed E-state index contributed by atoms with van der Waals surface area (Å²) in [6.07, 6.45) is -10.9. The topological polar surface area (TPSA) is 218 Å². The standard InChI is InChI=1S/C31H47NO13S/c1-13(2)20(32-27(39)43-12-46-8)22(36)26(38)45-16-10-31(41)25(44-15(4)33)23-29(7,17(34)9-18-30(23,40)11-42-18)24(37)21(35)19(14(16)3)28(31,5)6/h13,16-18,20-23,25,34-36,40-41H,9-12H2,1-8H3,(H,32,39)/t16?,17-,18+,20-,21+,22+,23-,25-,29+,30-,31+/m0/s1/i8T. The first kappa shape index (κ1) is 35.0. The fourth-order valence-corrected chi connectivity index (χ4v) is 8.23. The molecule has 0 aromatic heterocycles. The number of thioether (sulfide) groups is 1. The van der Waals surface area contributed by atoms with E-state index in [0.717, 1.165) is 18.7 Å². The Morgan fingerprint density at radius 1 is 1.17 bits per heavy atom. The van der Waals surface area contributed by atoms with Crippen molar-refractivity contribution >= 4 is 35.6 Å². The van der Waals surface area contributed by atoms with Crippen LogP contribution in [0.5, 0.6) is 0 Å². The molecule has 6 N–H and O–H groups in total. The minimum Gasteiger partial charge on any atom is -0.459 e. The van der Waals surface area contributed by atoms with E-state index in [1.54, 1.807) is 13.8 Å². The van der Waals surface area contributed by atoms with Gasteiger partial charge in [0, 0.05) is 32.5 Å². The van der Waals surface area contributed by atoms with E-state index in [0.29, 0.717) is 0 Å². The van der Waals surface area contributed by atoms with Crippen LogP contribution in [0.1, 0.15) is 62.7 Å². The molecule has 0 radical (unpaired) electrons. The van der Waals surface area contributed by atoms with E-state index < -0.39 is 107 Å². The van der Waals surface area contributed by atoms with Crippen molar-refractivity contribution in [3.05, 3.63) is 11.1 Å². The van der Waals surface area contributed by atoms with Gasteiger partial charge in [-0.15, -0.1) is 11.8 Å². The number of hydrogen-bond donors (Lipinski definition) is 6. The number of Topliss-reactive ketones (excluding diaryl/α,β-unsaturated/α-hetero) is 1. The Kier molecular flexibility index (Phi) is 9.63. The van der Waals surface area contributed by atoms with Crippen LogP contribution in [0.2, 0.25) is 0 Å². The summed E-state index contributed by atoms with van der Waals surface area (Å²) in [6.45, 7) is 10.0. The highest BCUT2D eigenvalue weighted by Crippen LogP contribution is 2.63. The zero-order chi connectivity index (χ0) is 35.4. The van der Waals surface area contributed by atoms with Crippen LogP contribution >= 0.6 is 11.8 Å². The minimum atomic E-state index is -2.22. The Hall–Kier alpha value is -2.27. The zero-order valence-corrected chi connectivity index (χ0v) is 28.0. The normalized spacial score (nSPS) is 39.8. The number of nitrogens with one attached hydrogen (secondary N) is 1. The molecule has 1 amide bonds. The molecule has 11 atom stereocenters. The number of aliphatic hydroxyl groups is 5. The van der Waals surface area contributed by atoms with E-state index in [1.807, 2.05) is 0 Å². The second-order valence-corrected chi connectivity index (χ2v) is 14.6. The van der Waals surface area contributed by atoms with Crippen LogP contribution in [0.25, 0.3) is 0 Å². The monoisotopic (exact) mass is 675 g/mol. The number of carbonyl (C=O) groups is 4. The Balaban J connectivity index is 1.78. The van der Waals surface area contributed by atoms with Crippen LogP contribution in [0.15, 0.2) is 11.1 Å². The number of esters is 2. The van der Waals surface area contributed by atoms with Crippen LogP contribution < -0.4 is 5.32 Å². The van der Waals surface area contributed by atoms with Crippen LogP contribution in [0, 0.1) is 22.7 Å². The summed E-state index contributed by atoms with van der Waals surface area (Å²) in [5.74, 6) is -4.99. The first-order valence-corrected chi connectivity index (χ1v) is 16.4. The molecule has 2 bridgehead atoms. The average Bonchev–Trinajstić information content (AvgIpc) is 2.97. The summed E-state index contributed by atoms with van der Waals surface area (Å²) in [5.41, 5.74) is -7.33. The summed E-state index contributed by atoms with van der Waals surface area (Å²) in [7, 11) is 0. The van der Waals surface area contributed by atoms with Gasteiger partial charge in [0.1, 0.15) is 35.5 Å². The maximum atomic E-state index is 14.3. The van der Waals surface area contributed by atoms with Gasteiger partial charge in [0.25, 0.3) is 0 Å². The molecule has 0 aromatic carbocycles. The lowest BCUT2D eigenvalue weighted by Crippen LogP contribution is -2.81. The Labute approximate surface area is 273 Å². The van der Waals surface area contributed by atoms with Gasteiger partial charge in [-0.05, 0) is 37.1 Å². The molecule has 1 aliphatic heterocycles. The molecule has 1 saturated heterocycles. The van der Waals surface area contributed by atoms with Crippen molar-refractivity contribution in [2.24, 2.45) is 22.7 Å². The maximum Gasteiger partial charge on any atom is 0.408 e. The first-order chi connectivity index (χ1) is 21.7. The molecule has 2 saturated carbocycles. The number of carbonyl (C=O) groups excluding carboxylic acids is 4. The average molecular weight is 676 g/mol. The van der Waals surface area contributed by atoms with E-state index in [9.17, 15) is 44.7 Å². The summed E-state index contributed by atoms with van der Waals surface area (Å²) in [6, 6.07) is -1.17. The Bertz CT molecular complexity index is 1310. The molecule has 1 unspecified atom stereocenters. The van der Waals surface area contributed by atoms with Gasteiger partial charge >= 0.3 is 18.0 Å². The molecular formula is C31H47NO13S. The summed E-state index contributed by atoms with van der Waals surface area (Å²) < 4.78 is 29.2. The molecule has 3 fully saturated rings. The van der Waals surface area contributed by atoms with Crippen molar-refractivity contribution in [1.82, 2.24) is 5.32 Å². The van der Waals surface area contributed by atoms with Crippen LogP contribution in [-0.2, 0) is 33.3 Å². The minimum absolute atomic E-state index is 0.0273. The smallest absolute Gasteiger partial charge is 0.408 e. The van der Waals surface area contributed by atoms with Crippen molar-refractivity contribution in [1.29, 1.82) is 0 Å². The summed E-state index contributed by atoms with van der Waals surface area (Å²) in [5, 5.41) is 61.3. The van der Waals surface area contributed by atoms with Gasteiger partial charge in [0.05, 0.1) is 30.3 Å². The number of ketones is 1. The highest BCUT2D eigenvalue weighted by molar-refractivity contribution is 7.98. The molecule has 260 valence electrons.